The largest absolute Gasteiger partial charge is 0.466 e. The van der Waals surface area contributed by atoms with E-state index >= 15 is 0 Å². The SMILES string of the molecule is CCOC(=O)CC1=C(COCCN)NC2=C(CC1c1cccc(C(F)(F)F)c1)C(=O)CC(C)(C)C2. The maximum absolute atomic E-state index is 13.5. The summed E-state index contributed by atoms with van der Waals surface area (Å²) in [5, 5.41) is 3.35. The fraction of sp³-hybridized carbons (Fsp3) is 0.538. The van der Waals surface area contributed by atoms with Crippen molar-refractivity contribution in [3.63, 3.8) is 0 Å². The van der Waals surface area contributed by atoms with Crippen molar-refractivity contribution in [3.8, 4) is 0 Å². The maximum Gasteiger partial charge on any atom is 0.416 e. The monoisotopic (exact) mass is 494 g/mol. The molecule has 1 aromatic carbocycles. The normalized spacial score (nSPS) is 20.3. The molecule has 0 bridgehead atoms. The maximum atomic E-state index is 13.5. The summed E-state index contributed by atoms with van der Waals surface area (Å²) in [5.41, 5.74) is 7.29. The highest BCUT2D eigenvalue weighted by Crippen LogP contribution is 2.45. The Morgan fingerprint density at radius 3 is 2.66 bits per heavy atom. The Hall–Kier alpha value is -2.65. The lowest BCUT2D eigenvalue weighted by atomic mass is 9.73. The first-order valence-electron chi connectivity index (χ1n) is 11.8. The molecule has 6 nitrogen and oxygen atoms in total. The van der Waals surface area contributed by atoms with Crippen LogP contribution in [-0.4, -0.2) is 38.1 Å². The molecule has 2 aliphatic rings. The molecule has 1 heterocycles. The Morgan fingerprint density at radius 1 is 1.26 bits per heavy atom. The number of ketones is 1. The van der Waals surface area contributed by atoms with E-state index in [9.17, 15) is 22.8 Å². The van der Waals surface area contributed by atoms with Gasteiger partial charge in [0.05, 0.1) is 31.8 Å². The number of alkyl halides is 3. The molecule has 3 N–H and O–H groups in total. The van der Waals surface area contributed by atoms with Crippen molar-refractivity contribution in [2.24, 2.45) is 11.1 Å². The van der Waals surface area contributed by atoms with Gasteiger partial charge in [0, 0.05) is 35.9 Å². The molecule has 1 aromatic rings. The molecule has 9 heteroatoms. The van der Waals surface area contributed by atoms with Gasteiger partial charge in [0.15, 0.2) is 5.78 Å². The van der Waals surface area contributed by atoms with Gasteiger partial charge in [-0.25, -0.2) is 0 Å². The molecule has 1 aliphatic heterocycles. The van der Waals surface area contributed by atoms with Gasteiger partial charge in [-0.1, -0.05) is 32.0 Å². The number of allylic oxidation sites excluding steroid dienone is 2. The number of benzene rings is 1. The highest BCUT2D eigenvalue weighted by Gasteiger charge is 2.39. The number of ether oxygens (including phenoxy) is 2. The number of carbonyl (C=O) groups is 2. The molecule has 192 valence electrons. The smallest absolute Gasteiger partial charge is 0.416 e. The lowest BCUT2D eigenvalue weighted by molar-refractivity contribution is -0.142. The molecular formula is C26H33F3N2O4. The third-order valence-electron chi connectivity index (χ3n) is 6.28. The highest BCUT2D eigenvalue weighted by molar-refractivity contribution is 5.98. The molecule has 0 spiro atoms. The summed E-state index contributed by atoms with van der Waals surface area (Å²) in [7, 11) is 0. The van der Waals surface area contributed by atoms with E-state index in [0.29, 0.717) is 35.2 Å². The average Bonchev–Trinajstić information content (AvgIpc) is 2.90. The lowest BCUT2D eigenvalue weighted by Gasteiger charge is -2.32. The quantitative estimate of drug-likeness (QED) is 0.405. The van der Waals surface area contributed by atoms with Crippen LogP contribution in [0, 0.1) is 5.41 Å². The number of nitrogens with two attached hydrogens (primary N) is 1. The Bertz CT molecular complexity index is 1030. The van der Waals surface area contributed by atoms with Crippen LogP contribution in [0.15, 0.2) is 46.8 Å². The first kappa shape index (κ1) is 26.9. The molecule has 0 saturated heterocycles. The predicted octanol–water partition coefficient (Wildman–Crippen LogP) is 4.61. The van der Waals surface area contributed by atoms with Crippen LogP contribution < -0.4 is 11.1 Å². The zero-order valence-corrected chi connectivity index (χ0v) is 20.4. The second-order valence-corrected chi connectivity index (χ2v) is 9.73. The number of hydrogen-bond acceptors (Lipinski definition) is 6. The number of rotatable bonds is 8. The van der Waals surface area contributed by atoms with E-state index in [1.165, 1.54) is 6.07 Å². The van der Waals surface area contributed by atoms with Crippen LogP contribution in [0.4, 0.5) is 13.2 Å². The fourth-order valence-electron chi connectivity index (χ4n) is 4.75. The van der Waals surface area contributed by atoms with Crippen molar-refractivity contribution in [3.05, 3.63) is 57.9 Å². The Balaban J connectivity index is 2.16. The van der Waals surface area contributed by atoms with Crippen molar-refractivity contribution < 1.29 is 32.2 Å². The van der Waals surface area contributed by atoms with Crippen molar-refractivity contribution in [2.45, 2.75) is 58.5 Å². The second-order valence-electron chi connectivity index (χ2n) is 9.73. The summed E-state index contributed by atoms with van der Waals surface area (Å²) in [5.74, 6) is -1.17. The van der Waals surface area contributed by atoms with E-state index in [2.05, 4.69) is 5.32 Å². The highest BCUT2D eigenvalue weighted by atomic mass is 19.4. The van der Waals surface area contributed by atoms with Crippen molar-refractivity contribution in [1.29, 1.82) is 0 Å². The van der Waals surface area contributed by atoms with Gasteiger partial charge in [-0.3, -0.25) is 9.59 Å². The molecule has 0 amide bonds. The van der Waals surface area contributed by atoms with Gasteiger partial charge in [-0.15, -0.1) is 0 Å². The van der Waals surface area contributed by atoms with Gasteiger partial charge in [0.1, 0.15) is 0 Å². The minimum absolute atomic E-state index is 0.0414. The van der Waals surface area contributed by atoms with E-state index in [0.717, 1.165) is 17.8 Å². The van der Waals surface area contributed by atoms with Gasteiger partial charge in [-0.2, -0.15) is 13.2 Å². The number of esters is 1. The first-order valence-corrected chi connectivity index (χ1v) is 11.8. The standard InChI is InChI=1S/C26H33F3N2O4/c1-4-35-24(33)12-19-18(16-6-5-7-17(10-16)26(27,28)29)11-20-21(13-25(2,3)14-23(20)32)31-22(19)15-34-9-8-30/h5-7,10,18,31H,4,8-9,11-15,30H2,1-3H3. The topological polar surface area (TPSA) is 90.7 Å². The molecule has 3 rings (SSSR count). The van der Waals surface area contributed by atoms with Crippen molar-refractivity contribution in [2.75, 3.05) is 26.4 Å². The zero-order valence-electron chi connectivity index (χ0n) is 20.4. The van der Waals surface area contributed by atoms with E-state index in [-0.39, 0.29) is 50.4 Å². The second kappa shape index (κ2) is 11.0. The third-order valence-corrected chi connectivity index (χ3v) is 6.28. The van der Waals surface area contributed by atoms with Gasteiger partial charge >= 0.3 is 12.1 Å². The summed E-state index contributed by atoms with van der Waals surface area (Å²) >= 11 is 0. The van der Waals surface area contributed by atoms with Crippen LogP contribution in [0.3, 0.4) is 0 Å². The van der Waals surface area contributed by atoms with E-state index < -0.39 is 23.6 Å². The summed E-state index contributed by atoms with van der Waals surface area (Å²) in [4.78, 5) is 25.7. The van der Waals surface area contributed by atoms with Gasteiger partial charge < -0.3 is 20.5 Å². The van der Waals surface area contributed by atoms with Crippen molar-refractivity contribution in [1.82, 2.24) is 5.32 Å². The van der Waals surface area contributed by atoms with Crippen LogP contribution in [0.2, 0.25) is 0 Å². The molecule has 1 unspecified atom stereocenters. The molecule has 1 aliphatic carbocycles. The number of Topliss-reactive ketones (excluding diaryl/α,β-unsaturated/α-hetero) is 1. The van der Waals surface area contributed by atoms with E-state index in [1.54, 1.807) is 13.0 Å². The predicted molar refractivity (Wildman–Crippen MR) is 125 cm³/mol. The van der Waals surface area contributed by atoms with Crippen LogP contribution in [0.1, 0.15) is 63.5 Å². The minimum atomic E-state index is -4.52. The average molecular weight is 495 g/mol. The summed E-state index contributed by atoms with van der Waals surface area (Å²) in [6.45, 7) is 6.49. The fourth-order valence-corrected chi connectivity index (χ4v) is 4.75. The van der Waals surface area contributed by atoms with Gasteiger partial charge in [-0.05, 0) is 42.4 Å². The molecule has 0 radical (unpaired) electrons. The summed E-state index contributed by atoms with van der Waals surface area (Å²) in [6, 6.07) is 5.06. The molecule has 35 heavy (non-hydrogen) atoms. The minimum Gasteiger partial charge on any atom is -0.466 e. The molecule has 0 fully saturated rings. The number of nitrogens with one attached hydrogen (secondary N) is 1. The number of halogens is 3. The lowest BCUT2D eigenvalue weighted by Crippen LogP contribution is -2.31. The van der Waals surface area contributed by atoms with Gasteiger partial charge in [0.2, 0.25) is 0 Å². The van der Waals surface area contributed by atoms with E-state index in [1.807, 2.05) is 13.8 Å². The molecule has 1 atom stereocenters. The Labute approximate surface area is 203 Å². The molecule has 0 saturated carbocycles. The Kier molecular flexibility index (Phi) is 8.43. The molecular weight excluding hydrogens is 461 g/mol. The van der Waals surface area contributed by atoms with Gasteiger partial charge in [0.25, 0.3) is 0 Å². The van der Waals surface area contributed by atoms with E-state index in [4.69, 9.17) is 15.2 Å². The molecule has 0 aromatic heterocycles. The first-order chi connectivity index (χ1) is 16.4. The third kappa shape index (κ3) is 6.73. The van der Waals surface area contributed by atoms with Crippen LogP contribution >= 0.6 is 0 Å². The number of carbonyl (C=O) groups excluding carboxylic acids is 2. The Morgan fingerprint density at radius 2 is 2.00 bits per heavy atom. The van der Waals surface area contributed by atoms with Crippen LogP contribution in [0.25, 0.3) is 0 Å². The van der Waals surface area contributed by atoms with Crippen molar-refractivity contribution >= 4 is 11.8 Å². The number of hydrogen-bond donors (Lipinski definition) is 2. The van der Waals surface area contributed by atoms with Crippen LogP contribution in [0.5, 0.6) is 0 Å². The van der Waals surface area contributed by atoms with Crippen LogP contribution in [-0.2, 0) is 25.2 Å². The summed E-state index contributed by atoms with van der Waals surface area (Å²) in [6.07, 6.45) is -3.54. The zero-order chi connectivity index (χ0) is 25.8. The summed E-state index contributed by atoms with van der Waals surface area (Å²) < 4.78 is 51.4.